The first-order valence-corrected chi connectivity index (χ1v) is 12.3. The topological polar surface area (TPSA) is 73.9 Å². The molecule has 1 aliphatic rings. The maximum absolute atomic E-state index is 13.4. The monoisotopic (exact) mass is 486 g/mol. The van der Waals surface area contributed by atoms with Gasteiger partial charge in [-0.1, -0.05) is 42.5 Å². The molecule has 0 bridgehead atoms. The van der Waals surface area contributed by atoms with Gasteiger partial charge in [0.15, 0.2) is 0 Å². The van der Waals surface area contributed by atoms with E-state index in [1.54, 1.807) is 7.11 Å². The molecule has 0 radical (unpaired) electrons. The highest BCUT2D eigenvalue weighted by molar-refractivity contribution is 5.95. The van der Waals surface area contributed by atoms with Gasteiger partial charge in [0.25, 0.3) is 0 Å². The normalized spacial score (nSPS) is 15.2. The summed E-state index contributed by atoms with van der Waals surface area (Å²) >= 11 is 0. The maximum Gasteiger partial charge on any atom is 0.246 e. The average molecular weight is 487 g/mol. The van der Waals surface area contributed by atoms with E-state index in [4.69, 9.17) is 4.74 Å². The van der Waals surface area contributed by atoms with Gasteiger partial charge in [-0.3, -0.25) is 19.4 Å². The molecule has 1 fully saturated rings. The van der Waals surface area contributed by atoms with Crippen LogP contribution in [0.25, 0.3) is 0 Å². The Labute approximate surface area is 213 Å². The third-order valence-electron chi connectivity index (χ3n) is 6.74. The molecule has 0 aliphatic carbocycles. The minimum Gasteiger partial charge on any atom is -0.497 e. The second-order valence-electron chi connectivity index (χ2n) is 9.14. The summed E-state index contributed by atoms with van der Waals surface area (Å²) in [4.78, 5) is 30.5. The predicted octanol–water partition coefficient (Wildman–Crippen LogP) is 4.25. The van der Waals surface area contributed by atoms with Crippen molar-refractivity contribution in [3.05, 3.63) is 89.5 Å². The van der Waals surface area contributed by atoms with Crippen LogP contribution in [0.1, 0.15) is 22.7 Å². The van der Waals surface area contributed by atoms with Crippen LogP contribution in [0.3, 0.4) is 0 Å². The van der Waals surface area contributed by atoms with E-state index < -0.39 is 6.04 Å². The maximum atomic E-state index is 13.4. The number of amides is 2. The molecule has 3 aromatic carbocycles. The molecular formula is C29H34N4O3. The number of carbonyl (C=O) groups excluding carboxylic acids is 2. The lowest BCUT2D eigenvalue weighted by Gasteiger charge is -2.38. The second-order valence-corrected chi connectivity index (χ2v) is 9.14. The fourth-order valence-corrected chi connectivity index (χ4v) is 4.51. The van der Waals surface area contributed by atoms with Gasteiger partial charge in [0, 0.05) is 37.6 Å². The smallest absolute Gasteiger partial charge is 0.246 e. The fourth-order valence-electron chi connectivity index (χ4n) is 4.51. The first kappa shape index (κ1) is 25.4. The summed E-state index contributed by atoms with van der Waals surface area (Å²) < 4.78 is 5.21. The van der Waals surface area contributed by atoms with Crippen LogP contribution in [-0.2, 0) is 9.59 Å². The molecule has 1 unspecified atom stereocenters. The minimum absolute atomic E-state index is 0.0194. The number of hydrogen-bond acceptors (Lipinski definition) is 5. The predicted molar refractivity (Wildman–Crippen MR) is 143 cm³/mol. The van der Waals surface area contributed by atoms with Gasteiger partial charge in [0.1, 0.15) is 11.8 Å². The second kappa shape index (κ2) is 11.8. The van der Waals surface area contributed by atoms with E-state index >= 15 is 0 Å². The third kappa shape index (κ3) is 6.30. The molecule has 1 atom stereocenters. The van der Waals surface area contributed by atoms with Crippen molar-refractivity contribution >= 4 is 23.2 Å². The molecule has 0 saturated carbocycles. The molecule has 7 nitrogen and oxygen atoms in total. The van der Waals surface area contributed by atoms with Crippen LogP contribution in [0.5, 0.6) is 5.75 Å². The number of nitrogens with zero attached hydrogens (tertiary/aromatic N) is 2. The Morgan fingerprint density at radius 3 is 2.22 bits per heavy atom. The number of methoxy groups -OCH3 is 1. The number of carbonyl (C=O) groups is 2. The highest BCUT2D eigenvalue weighted by Crippen LogP contribution is 2.25. The Balaban J connectivity index is 1.38. The van der Waals surface area contributed by atoms with Crippen LogP contribution < -0.4 is 15.4 Å². The Morgan fingerprint density at radius 2 is 1.56 bits per heavy atom. The van der Waals surface area contributed by atoms with Gasteiger partial charge in [0.2, 0.25) is 11.8 Å². The lowest BCUT2D eigenvalue weighted by molar-refractivity contribution is -0.123. The van der Waals surface area contributed by atoms with E-state index in [2.05, 4.69) is 20.4 Å². The molecule has 1 aliphatic heterocycles. The molecule has 188 valence electrons. The molecule has 0 spiro atoms. The molecular weight excluding hydrogens is 452 g/mol. The van der Waals surface area contributed by atoms with Gasteiger partial charge >= 0.3 is 0 Å². The molecule has 3 aromatic rings. The van der Waals surface area contributed by atoms with Crippen molar-refractivity contribution in [2.24, 2.45) is 0 Å². The molecule has 36 heavy (non-hydrogen) atoms. The summed E-state index contributed by atoms with van der Waals surface area (Å²) in [6.07, 6.45) is 0. The summed E-state index contributed by atoms with van der Waals surface area (Å²) in [5.74, 6) is 0.645. The number of anilines is 2. The van der Waals surface area contributed by atoms with Crippen LogP contribution >= 0.6 is 0 Å². The van der Waals surface area contributed by atoms with Crippen molar-refractivity contribution < 1.29 is 14.3 Å². The van der Waals surface area contributed by atoms with Gasteiger partial charge < -0.3 is 15.4 Å². The van der Waals surface area contributed by atoms with E-state index in [0.29, 0.717) is 32.7 Å². The van der Waals surface area contributed by atoms with E-state index in [0.717, 1.165) is 33.8 Å². The highest BCUT2D eigenvalue weighted by atomic mass is 16.5. The standard InChI is InChI=1S/C29H34N4O3/c1-21-8-7-11-26(22(21)2)31-27(34)20-32-16-18-33(19-17-32)28(23-9-5-4-6-10-23)29(35)30-24-12-14-25(36-3)15-13-24/h4-15,28H,16-20H2,1-3H3,(H,30,35)(H,31,34). The van der Waals surface area contributed by atoms with E-state index in [1.807, 2.05) is 86.6 Å². The highest BCUT2D eigenvalue weighted by Gasteiger charge is 2.31. The van der Waals surface area contributed by atoms with Gasteiger partial charge in [-0.25, -0.2) is 0 Å². The number of benzene rings is 3. The van der Waals surface area contributed by atoms with Crippen molar-refractivity contribution in [2.75, 3.05) is 50.5 Å². The Kier molecular flexibility index (Phi) is 8.36. The molecule has 0 aromatic heterocycles. The number of aryl methyl sites for hydroxylation is 1. The van der Waals surface area contributed by atoms with Gasteiger partial charge in [-0.2, -0.15) is 0 Å². The lowest BCUT2D eigenvalue weighted by Crippen LogP contribution is -2.51. The Bertz CT molecular complexity index is 1170. The van der Waals surface area contributed by atoms with Crippen LogP contribution in [0.2, 0.25) is 0 Å². The van der Waals surface area contributed by atoms with Crippen LogP contribution in [0, 0.1) is 13.8 Å². The van der Waals surface area contributed by atoms with Crippen molar-refractivity contribution in [1.82, 2.24) is 9.80 Å². The summed E-state index contributed by atoms with van der Waals surface area (Å²) in [7, 11) is 1.62. The lowest BCUT2D eigenvalue weighted by atomic mass is 10.0. The number of ether oxygens (including phenoxy) is 1. The third-order valence-corrected chi connectivity index (χ3v) is 6.74. The molecule has 7 heteroatoms. The first-order valence-electron chi connectivity index (χ1n) is 12.3. The first-order chi connectivity index (χ1) is 17.4. The fraction of sp³-hybridized carbons (Fsp3) is 0.310. The van der Waals surface area contributed by atoms with Crippen molar-refractivity contribution in [1.29, 1.82) is 0 Å². The van der Waals surface area contributed by atoms with Gasteiger partial charge in [-0.15, -0.1) is 0 Å². The Hall–Kier alpha value is -3.68. The summed E-state index contributed by atoms with van der Waals surface area (Å²) in [6, 6.07) is 22.7. The summed E-state index contributed by atoms with van der Waals surface area (Å²) in [5, 5.41) is 6.10. The van der Waals surface area contributed by atoms with Crippen LogP contribution in [0.4, 0.5) is 11.4 Å². The quantitative estimate of drug-likeness (QED) is 0.498. The number of hydrogen-bond donors (Lipinski definition) is 2. The molecule has 2 N–H and O–H groups in total. The SMILES string of the molecule is COc1ccc(NC(=O)C(c2ccccc2)N2CCN(CC(=O)Nc3cccc(C)c3C)CC2)cc1. The van der Waals surface area contributed by atoms with E-state index in [-0.39, 0.29) is 11.8 Å². The molecule has 4 rings (SSSR count). The summed E-state index contributed by atoms with van der Waals surface area (Å²) in [6.45, 7) is 7.18. The molecule has 1 saturated heterocycles. The van der Waals surface area contributed by atoms with Gasteiger partial charge in [-0.05, 0) is 60.9 Å². The van der Waals surface area contributed by atoms with E-state index in [9.17, 15) is 9.59 Å². The van der Waals surface area contributed by atoms with Crippen molar-refractivity contribution in [2.45, 2.75) is 19.9 Å². The zero-order valence-corrected chi connectivity index (χ0v) is 21.2. The van der Waals surface area contributed by atoms with Crippen molar-refractivity contribution in [3.63, 3.8) is 0 Å². The minimum atomic E-state index is -0.417. The number of piperazine rings is 1. The van der Waals surface area contributed by atoms with Crippen LogP contribution in [-0.4, -0.2) is 61.4 Å². The number of rotatable bonds is 8. The van der Waals surface area contributed by atoms with Gasteiger partial charge in [0.05, 0.1) is 13.7 Å². The zero-order chi connectivity index (χ0) is 25.5. The largest absolute Gasteiger partial charge is 0.497 e. The molecule has 1 heterocycles. The average Bonchev–Trinajstić information content (AvgIpc) is 2.89. The van der Waals surface area contributed by atoms with E-state index in [1.165, 1.54) is 0 Å². The summed E-state index contributed by atoms with van der Waals surface area (Å²) in [5.41, 5.74) is 4.77. The zero-order valence-electron chi connectivity index (χ0n) is 21.2. The Morgan fingerprint density at radius 1 is 0.861 bits per heavy atom. The molecule has 2 amide bonds. The van der Waals surface area contributed by atoms with Crippen molar-refractivity contribution in [3.8, 4) is 5.75 Å². The number of nitrogens with one attached hydrogen (secondary N) is 2. The van der Waals surface area contributed by atoms with Crippen LogP contribution in [0.15, 0.2) is 72.8 Å².